The molecule has 1 aliphatic carbocycles. The summed E-state index contributed by atoms with van der Waals surface area (Å²) in [7, 11) is 0. The molecule has 0 atom stereocenters. The van der Waals surface area contributed by atoms with Gasteiger partial charge in [-0.1, -0.05) is 94.2 Å². The molecule has 0 aromatic carbocycles. The maximum Gasteiger partial charge on any atom is 0.140 e. The van der Waals surface area contributed by atoms with Crippen molar-refractivity contribution in [3.8, 4) is 0 Å². The van der Waals surface area contributed by atoms with Gasteiger partial charge in [-0.2, -0.15) is 0 Å². The summed E-state index contributed by atoms with van der Waals surface area (Å²) < 4.78 is 11.5. The molecule has 0 saturated carbocycles. The minimum Gasteiger partial charge on any atom is -0.490 e. The van der Waals surface area contributed by atoms with E-state index >= 15 is 0 Å². The number of rotatable bonds is 0. The second-order valence-electron chi connectivity index (χ2n) is 12.5. The Kier molecular flexibility index (Phi) is 7.88. The number of ketones is 1. The van der Waals surface area contributed by atoms with Gasteiger partial charge in [-0.25, -0.2) is 0 Å². The predicted octanol–water partition coefficient (Wildman–Crippen LogP) is 7.47. The maximum atomic E-state index is 11.6. The van der Waals surface area contributed by atoms with Crippen LogP contribution in [0.25, 0.3) is 0 Å². The number of carbonyl (C=O) groups is 1. The van der Waals surface area contributed by atoms with Gasteiger partial charge >= 0.3 is 0 Å². The van der Waals surface area contributed by atoms with E-state index in [1.165, 1.54) is 11.1 Å². The van der Waals surface area contributed by atoms with Crippen LogP contribution in [0.2, 0.25) is 0 Å². The van der Waals surface area contributed by atoms with Crippen LogP contribution < -0.4 is 0 Å². The second-order valence-corrected chi connectivity index (χ2v) is 12.5. The average molecular weight is 407 g/mol. The highest BCUT2D eigenvalue weighted by molar-refractivity contribution is 5.83. The van der Waals surface area contributed by atoms with Gasteiger partial charge in [0, 0.05) is 23.7 Å². The van der Waals surface area contributed by atoms with Crippen LogP contribution in [-0.2, 0) is 14.3 Å². The van der Waals surface area contributed by atoms with Crippen LogP contribution in [0.15, 0.2) is 22.7 Å². The van der Waals surface area contributed by atoms with Crippen molar-refractivity contribution >= 4 is 5.78 Å². The average Bonchev–Trinajstić information content (AvgIpc) is 2.52. The molecule has 1 heterocycles. The minimum absolute atomic E-state index is 0.0308. The molecule has 0 aromatic rings. The van der Waals surface area contributed by atoms with Crippen molar-refractivity contribution in [1.82, 2.24) is 0 Å². The highest BCUT2D eigenvalue weighted by atomic mass is 16.6. The number of hydrogen-bond acceptors (Lipinski definition) is 3. The minimum atomic E-state index is 0.0308. The fraction of sp³-hybridized carbons (Fsp3) is 0.808. The molecular formula is C26H46O3. The molecule has 0 radical (unpaired) electrons. The van der Waals surface area contributed by atoms with Crippen LogP contribution in [0, 0.1) is 21.7 Å². The summed E-state index contributed by atoms with van der Waals surface area (Å²) >= 11 is 0. The van der Waals surface area contributed by atoms with E-state index < -0.39 is 0 Å². The van der Waals surface area contributed by atoms with Crippen molar-refractivity contribution in [2.75, 3.05) is 13.2 Å². The van der Waals surface area contributed by atoms with Gasteiger partial charge in [-0.15, -0.1) is 0 Å². The zero-order valence-electron chi connectivity index (χ0n) is 21.3. The number of carbonyl (C=O) groups excluding carboxylic acids is 1. The summed E-state index contributed by atoms with van der Waals surface area (Å²) in [6.07, 6.45) is 2.39. The van der Waals surface area contributed by atoms with Gasteiger partial charge in [-0.05, 0) is 17.3 Å². The zero-order chi connectivity index (χ0) is 22.8. The Balaban J connectivity index is 0.000000291. The first kappa shape index (κ1) is 25.8. The van der Waals surface area contributed by atoms with E-state index in [-0.39, 0.29) is 21.7 Å². The Morgan fingerprint density at radius 1 is 0.552 bits per heavy atom. The van der Waals surface area contributed by atoms with Gasteiger partial charge in [0.1, 0.15) is 30.5 Å². The lowest BCUT2D eigenvalue weighted by molar-refractivity contribution is -0.119. The summed E-state index contributed by atoms with van der Waals surface area (Å²) in [4.78, 5) is 11.6. The molecule has 0 amide bonds. The number of hydrogen-bond donors (Lipinski definition) is 0. The van der Waals surface area contributed by atoms with Crippen LogP contribution >= 0.6 is 0 Å². The van der Waals surface area contributed by atoms with Crippen LogP contribution in [0.5, 0.6) is 0 Å². The molecule has 0 unspecified atom stereocenters. The van der Waals surface area contributed by atoms with Crippen LogP contribution in [0.3, 0.4) is 0 Å². The predicted molar refractivity (Wildman–Crippen MR) is 123 cm³/mol. The Hall–Kier alpha value is -1.25. The van der Waals surface area contributed by atoms with E-state index in [2.05, 4.69) is 83.1 Å². The summed E-state index contributed by atoms with van der Waals surface area (Å²) in [5.41, 5.74) is 3.30. The summed E-state index contributed by atoms with van der Waals surface area (Å²) in [5.74, 6) is 2.43. The number of allylic oxidation sites excluding steroid dienone is 4. The maximum absolute atomic E-state index is 11.6. The molecular weight excluding hydrogens is 360 g/mol. The molecule has 2 rings (SSSR count). The van der Waals surface area contributed by atoms with Crippen LogP contribution in [0.4, 0.5) is 0 Å². The third kappa shape index (κ3) is 7.50. The van der Waals surface area contributed by atoms with Crippen molar-refractivity contribution < 1.29 is 14.3 Å². The first-order chi connectivity index (χ1) is 12.8. The first-order valence-electron chi connectivity index (χ1n) is 11.1. The normalized spacial score (nSPS) is 19.4. The van der Waals surface area contributed by atoms with Crippen molar-refractivity contribution in [2.45, 2.75) is 102 Å². The Morgan fingerprint density at radius 2 is 0.931 bits per heavy atom. The van der Waals surface area contributed by atoms with E-state index in [0.717, 1.165) is 24.4 Å². The van der Waals surface area contributed by atoms with Crippen molar-refractivity contribution in [1.29, 1.82) is 0 Å². The van der Waals surface area contributed by atoms with E-state index in [1.807, 2.05) is 0 Å². The highest BCUT2D eigenvalue weighted by Crippen LogP contribution is 2.43. The first-order valence-corrected chi connectivity index (χ1v) is 11.1. The topological polar surface area (TPSA) is 35.5 Å². The van der Waals surface area contributed by atoms with Crippen LogP contribution in [-0.4, -0.2) is 19.0 Å². The van der Waals surface area contributed by atoms with E-state index in [0.29, 0.717) is 25.4 Å². The van der Waals surface area contributed by atoms with E-state index in [4.69, 9.17) is 9.47 Å². The standard InChI is InChI=1S/C14H24O.C12H22O2/c1-13(2,3)11-8-7-10(15)9-12(11)14(4,5)6;1-11(2,3)9-10(12(4,5)6)14-8-7-13-9/h7-9H2,1-6H3;7-8H2,1-6H3. The molecule has 29 heavy (non-hydrogen) atoms. The molecule has 1 aliphatic heterocycles. The Morgan fingerprint density at radius 3 is 1.24 bits per heavy atom. The third-order valence-corrected chi connectivity index (χ3v) is 5.35. The SMILES string of the molecule is CC(C)(C)C1=C(C(C)(C)C)CC(=O)CC1.CC(C)(C)C1=C(C(C)(C)C)OCCO1. The molecule has 0 spiro atoms. The van der Waals surface area contributed by atoms with Gasteiger partial charge in [0.25, 0.3) is 0 Å². The van der Waals surface area contributed by atoms with Gasteiger partial charge in [0.2, 0.25) is 0 Å². The van der Waals surface area contributed by atoms with Gasteiger partial charge in [0.15, 0.2) is 0 Å². The fourth-order valence-corrected chi connectivity index (χ4v) is 3.89. The smallest absolute Gasteiger partial charge is 0.140 e. The molecule has 0 saturated heterocycles. The van der Waals surface area contributed by atoms with Gasteiger partial charge in [0.05, 0.1) is 0 Å². The molecule has 0 aromatic heterocycles. The molecule has 0 bridgehead atoms. The van der Waals surface area contributed by atoms with Crippen LogP contribution in [0.1, 0.15) is 102 Å². The number of Topliss-reactive ketones (excluding diaryl/α,β-unsaturated/α-hetero) is 1. The Bertz CT molecular complexity index is 624. The molecule has 0 N–H and O–H groups in total. The Labute approximate surface area is 180 Å². The van der Waals surface area contributed by atoms with E-state index in [9.17, 15) is 4.79 Å². The van der Waals surface area contributed by atoms with E-state index in [1.54, 1.807) is 0 Å². The van der Waals surface area contributed by atoms with Crippen molar-refractivity contribution in [2.24, 2.45) is 21.7 Å². The van der Waals surface area contributed by atoms with Gasteiger partial charge in [-0.3, -0.25) is 4.79 Å². The lowest BCUT2D eigenvalue weighted by Gasteiger charge is -2.36. The molecule has 2 aliphatic rings. The lowest BCUT2D eigenvalue weighted by Crippen LogP contribution is -2.28. The molecule has 168 valence electrons. The van der Waals surface area contributed by atoms with Crippen molar-refractivity contribution in [3.05, 3.63) is 22.7 Å². The molecule has 3 nitrogen and oxygen atoms in total. The molecule has 3 heteroatoms. The lowest BCUT2D eigenvalue weighted by atomic mass is 9.69. The quantitative estimate of drug-likeness (QED) is 0.391. The largest absolute Gasteiger partial charge is 0.490 e. The summed E-state index contributed by atoms with van der Waals surface area (Å²) in [6.45, 7) is 27.7. The third-order valence-electron chi connectivity index (χ3n) is 5.35. The summed E-state index contributed by atoms with van der Waals surface area (Å²) in [6, 6.07) is 0. The molecule has 0 fully saturated rings. The number of ether oxygens (including phenoxy) is 2. The monoisotopic (exact) mass is 406 g/mol. The zero-order valence-corrected chi connectivity index (χ0v) is 21.3. The van der Waals surface area contributed by atoms with Gasteiger partial charge < -0.3 is 9.47 Å². The van der Waals surface area contributed by atoms with Crippen molar-refractivity contribution in [3.63, 3.8) is 0 Å². The fourth-order valence-electron chi connectivity index (χ4n) is 3.89. The second kappa shape index (κ2) is 8.86. The highest BCUT2D eigenvalue weighted by Gasteiger charge is 2.34. The summed E-state index contributed by atoms with van der Waals surface area (Å²) in [5, 5.41) is 0.